The van der Waals surface area contributed by atoms with E-state index in [4.69, 9.17) is 5.73 Å². The maximum Gasteiger partial charge on any atom is 0.179 e. The Bertz CT molecular complexity index is 714. The molecule has 0 radical (unpaired) electrons. The zero-order valence-corrected chi connectivity index (χ0v) is 12.2. The van der Waals surface area contributed by atoms with Gasteiger partial charge in [0, 0.05) is 18.1 Å². The Balaban J connectivity index is 2.34. The summed E-state index contributed by atoms with van der Waals surface area (Å²) >= 11 is 0. The van der Waals surface area contributed by atoms with Crippen LogP contribution in [0.4, 0.5) is 11.5 Å². The van der Waals surface area contributed by atoms with E-state index in [1.54, 1.807) is 12.3 Å². The number of nitrogen functional groups attached to an aromatic ring is 1. The third-order valence-electron chi connectivity index (χ3n) is 2.99. The molecule has 0 bridgehead atoms. The van der Waals surface area contributed by atoms with E-state index in [1.165, 1.54) is 6.07 Å². The number of nitrogens with zero attached hydrogens (tertiary/aromatic N) is 1. The van der Waals surface area contributed by atoms with Crippen molar-refractivity contribution in [1.29, 1.82) is 0 Å². The van der Waals surface area contributed by atoms with Gasteiger partial charge in [-0.15, -0.1) is 0 Å². The van der Waals surface area contributed by atoms with Crippen molar-refractivity contribution >= 4 is 21.3 Å². The minimum Gasteiger partial charge on any atom is -0.398 e. The Morgan fingerprint density at radius 3 is 2.55 bits per heavy atom. The molecule has 1 aromatic heterocycles. The van der Waals surface area contributed by atoms with E-state index in [9.17, 15) is 8.42 Å². The summed E-state index contributed by atoms with van der Waals surface area (Å²) in [6.45, 7) is 1.91. The molecule has 0 saturated carbocycles. The second kappa shape index (κ2) is 5.50. The number of sulfone groups is 1. The van der Waals surface area contributed by atoms with Gasteiger partial charge < -0.3 is 11.1 Å². The lowest BCUT2D eigenvalue weighted by Crippen LogP contribution is -2.13. The average Bonchev–Trinajstić information content (AvgIpc) is 2.38. The monoisotopic (exact) mass is 291 g/mol. The van der Waals surface area contributed by atoms with Gasteiger partial charge in [0.2, 0.25) is 0 Å². The number of anilines is 2. The Hall–Kier alpha value is -2.08. The molecular weight excluding hydrogens is 274 g/mol. The molecule has 6 heteroatoms. The van der Waals surface area contributed by atoms with Crippen molar-refractivity contribution in [2.45, 2.75) is 17.9 Å². The molecule has 0 spiro atoms. The molecule has 0 amide bonds. The minimum atomic E-state index is -3.33. The molecular formula is C14H17N3O2S. The highest BCUT2D eigenvalue weighted by Crippen LogP contribution is 2.26. The third-order valence-corrected chi connectivity index (χ3v) is 4.11. The van der Waals surface area contributed by atoms with Crippen molar-refractivity contribution in [3.63, 3.8) is 0 Å². The van der Waals surface area contributed by atoms with E-state index < -0.39 is 9.84 Å². The van der Waals surface area contributed by atoms with Crippen molar-refractivity contribution in [3.05, 3.63) is 48.2 Å². The molecule has 0 aliphatic rings. The Morgan fingerprint density at radius 2 is 1.90 bits per heavy atom. The van der Waals surface area contributed by atoms with Crippen molar-refractivity contribution in [3.8, 4) is 0 Å². The Kier molecular flexibility index (Phi) is 3.94. The summed E-state index contributed by atoms with van der Waals surface area (Å²) in [5.74, 6) is 0.339. The summed E-state index contributed by atoms with van der Waals surface area (Å²) in [5.41, 5.74) is 7.48. The Morgan fingerprint density at radius 1 is 1.20 bits per heavy atom. The van der Waals surface area contributed by atoms with Crippen LogP contribution in [0.2, 0.25) is 0 Å². The zero-order valence-electron chi connectivity index (χ0n) is 11.4. The summed E-state index contributed by atoms with van der Waals surface area (Å²) in [7, 11) is -3.33. The van der Waals surface area contributed by atoms with Gasteiger partial charge in [0.15, 0.2) is 9.84 Å². The largest absolute Gasteiger partial charge is 0.398 e. The standard InChI is InChI=1S/C14H17N3O2S/c1-10(11-6-3-4-7-12(11)15)17-14-13(20(2,18)19)8-5-9-16-14/h3-10H,15H2,1-2H3,(H,16,17). The summed E-state index contributed by atoms with van der Waals surface area (Å²) in [6, 6.07) is 10.4. The van der Waals surface area contributed by atoms with E-state index in [2.05, 4.69) is 10.3 Å². The molecule has 1 unspecified atom stereocenters. The molecule has 2 aromatic rings. The van der Waals surface area contributed by atoms with Crippen LogP contribution in [0.1, 0.15) is 18.5 Å². The van der Waals surface area contributed by atoms with Gasteiger partial charge in [0.1, 0.15) is 10.7 Å². The van der Waals surface area contributed by atoms with Crippen molar-refractivity contribution in [1.82, 2.24) is 4.98 Å². The predicted molar refractivity (Wildman–Crippen MR) is 80.2 cm³/mol. The third kappa shape index (κ3) is 3.08. The molecule has 0 saturated heterocycles. The minimum absolute atomic E-state index is 0.147. The first kappa shape index (κ1) is 14.3. The molecule has 3 N–H and O–H groups in total. The lowest BCUT2D eigenvalue weighted by molar-refractivity contribution is 0.601. The van der Waals surface area contributed by atoms with Crippen LogP contribution < -0.4 is 11.1 Å². The second-order valence-corrected chi connectivity index (χ2v) is 6.60. The number of para-hydroxylation sites is 1. The summed E-state index contributed by atoms with van der Waals surface area (Å²) in [5, 5.41) is 3.10. The first-order chi connectivity index (χ1) is 9.39. The quantitative estimate of drug-likeness (QED) is 0.844. The Labute approximate surface area is 118 Å². The topological polar surface area (TPSA) is 85.1 Å². The zero-order chi connectivity index (χ0) is 14.8. The average molecular weight is 291 g/mol. The van der Waals surface area contributed by atoms with Gasteiger partial charge in [0.25, 0.3) is 0 Å². The number of rotatable bonds is 4. The van der Waals surface area contributed by atoms with Gasteiger partial charge in [-0.2, -0.15) is 0 Å². The lowest BCUT2D eigenvalue weighted by Gasteiger charge is -2.18. The second-order valence-electron chi connectivity index (χ2n) is 4.62. The van der Waals surface area contributed by atoms with Crippen molar-refractivity contribution < 1.29 is 8.42 Å². The molecule has 1 atom stereocenters. The first-order valence-corrected chi connectivity index (χ1v) is 8.04. The molecule has 0 aliphatic carbocycles. The number of nitrogens with one attached hydrogen (secondary N) is 1. The summed E-state index contributed by atoms with van der Waals surface area (Å²) < 4.78 is 23.5. The van der Waals surface area contributed by atoms with Gasteiger partial charge in [-0.05, 0) is 30.7 Å². The van der Waals surface area contributed by atoms with Gasteiger partial charge in [-0.3, -0.25) is 0 Å². The van der Waals surface area contributed by atoms with Crippen LogP contribution in [0.15, 0.2) is 47.5 Å². The highest BCUT2D eigenvalue weighted by molar-refractivity contribution is 7.90. The number of aromatic nitrogens is 1. The number of hydrogen-bond donors (Lipinski definition) is 2. The van der Waals surface area contributed by atoms with Crippen molar-refractivity contribution in [2.75, 3.05) is 17.3 Å². The van der Waals surface area contributed by atoms with E-state index >= 15 is 0 Å². The van der Waals surface area contributed by atoms with Gasteiger partial charge >= 0.3 is 0 Å². The fourth-order valence-electron chi connectivity index (χ4n) is 1.99. The van der Waals surface area contributed by atoms with Crippen LogP contribution in [0, 0.1) is 0 Å². The molecule has 1 heterocycles. The van der Waals surface area contributed by atoms with Crippen LogP contribution in [-0.2, 0) is 9.84 Å². The van der Waals surface area contributed by atoms with E-state index in [0.717, 1.165) is 11.8 Å². The normalized spacial score (nSPS) is 12.9. The number of hydrogen-bond acceptors (Lipinski definition) is 5. The first-order valence-electron chi connectivity index (χ1n) is 6.15. The van der Waals surface area contributed by atoms with Gasteiger partial charge in [-0.1, -0.05) is 18.2 Å². The molecule has 106 valence electrons. The number of pyridine rings is 1. The number of nitrogens with two attached hydrogens (primary N) is 1. The molecule has 2 rings (SSSR count). The number of benzene rings is 1. The highest BCUT2D eigenvalue weighted by atomic mass is 32.2. The highest BCUT2D eigenvalue weighted by Gasteiger charge is 2.16. The maximum absolute atomic E-state index is 11.7. The van der Waals surface area contributed by atoms with Crippen LogP contribution in [0.3, 0.4) is 0 Å². The lowest BCUT2D eigenvalue weighted by atomic mass is 10.1. The summed E-state index contributed by atoms with van der Waals surface area (Å²) in [4.78, 5) is 4.29. The van der Waals surface area contributed by atoms with Gasteiger partial charge in [-0.25, -0.2) is 13.4 Å². The van der Waals surface area contributed by atoms with E-state index in [1.807, 2.05) is 31.2 Å². The summed E-state index contributed by atoms with van der Waals surface area (Å²) in [6.07, 6.45) is 2.72. The van der Waals surface area contributed by atoms with Crippen LogP contribution >= 0.6 is 0 Å². The molecule has 5 nitrogen and oxygen atoms in total. The van der Waals surface area contributed by atoms with Crippen LogP contribution in [0.25, 0.3) is 0 Å². The van der Waals surface area contributed by atoms with Crippen molar-refractivity contribution in [2.24, 2.45) is 0 Å². The predicted octanol–water partition coefficient (Wildman–Crippen LogP) is 2.24. The molecule has 0 aliphatic heterocycles. The molecule has 0 fully saturated rings. The fraction of sp³-hybridized carbons (Fsp3) is 0.214. The van der Waals surface area contributed by atoms with Crippen LogP contribution in [-0.4, -0.2) is 19.7 Å². The SMILES string of the molecule is CC(Nc1ncccc1S(C)(=O)=O)c1ccccc1N. The van der Waals surface area contributed by atoms with E-state index in [-0.39, 0.29) is 10.9 Å². The fourth-order valence-corrected chi connectivity index (χ4v) is 2.77. The van der Waals surface area contributed by atoms with Crippen LogP contribution in [0.5, 0.6) is 0 Å². The maximum atomic E-state index is 11.7. The van der Waals surface area contributed by atoms with Gasteiger partial charge in [0.05, 0.1) is 6.04 Å². The smallest absolute Gasteiger partial charge is 0.179 e. The van der Waals surface area contributed by atoms with E-state index in [0.29, 0.717) is 11.5 Å². The molecule has 20 heavy (non-hydrogen) atoms. The molecule has 1 aromatic carbocycles.